The molecule has 1 aliphatic rings. The molecule has 0 amide bonds. The van der Waals surface area contributed by atoms with Crippen LogP contribution < -0.4 is 5.32 Å². The molecular formula is C21H28N2O3S. The van der Waals surface area contributed by atoms with Crippen LogP contribution in [-0.4, -0.2) is 45.6 Å². The van der Waals surface area contributed by atoms with Crippen molar-refractivity contribution in [3.63, 3.8) is 0 Å². The number of morpholine rings is 1. The number of benzene rings is 2. The van der Waals surface area contributed by atoms with E-state index in [1.165, 1.54) is 9.87 Å². The van der Waals surface area contributed by atoms with Crippen LogP contribution in [0.1, 0.15) is 30.4 Å². The van der Waals surface area contributed by atoms with E-state index in [9.17, 15) is 8.42 Å². The van der Waals surface area contributed by atoms with Gasteiger partial charge in [-0.2, -0.15) is 4.31 Å². The minimum atomic E-state index is -3.41. The average molecular weight is 389 g/mol. The lowest BCUT2D eigenvalue weighted by Crippen LogP contribution is -2.40. The molecule has 1 saturated heterocycles. The van der Waals surface area contributed by atoms with Gasteiger partial charge in [0.15, 0.2) is 0 Å². The molecule has 0 spiro atoms. The largest absolute Gasteiger partial charge is 0.379 e. The van der Waals surface area contributed by atoms with Crippen molar-refractivity contribution < 1.29 is 13.2 Å². The highest BCUT2D eigenvalue weighted by atomic mass is 32.2. The SMILES string of the molecule is C[C@@H](CCNCc1ccc(S(=O)(=O)N2CCOCC2)cc1)c1ccccc1. The first-order valence-electron chi connectivity index (χ1n) is 9.50. The molecule has 0 bridgehead atoms. The molecule has 1 heterocycles. The third kappa shape index (κ3) is 5.39. The molecule has 1 N–H and O–H groups in total. The van der Waals surface area contributed by atoms with Gasteiger partial charge in [-0.3, -0.25) is 0 Å². The maximum atomic E-state index is 12.6. The smallest absolute Gasteiger partial charge is 0.243 e. The second-order valence-corrected chi connectivity index (χ2v) is 8.88. The van der Waals surface area contributed by atoms with Gasteiger partial charge in [-0.1, -0.05) is 49.4 Å². The zero-order valence-corrected chi connectivity index (χ0v) is 16.6. The van der Waals surface area contributed by atoms with Gasteiger partial charge >= 0.3 is 0 Å². The zero-order valence-electron chi connectivity index (χ0n) is 15.8. The van der Waals surface area contributed by atoms with Crippen LogP contribution in [-0.2, 0) is 21.3 Å². The van der Waals surface area contributed by atoms with E-state index < -0.39 is 10.0 Å². The van der Waals surface area contributed by atoms with Crippen molar-refractivity contribution in [1.29, 1.82) is 0 Å². The topological polar surface area (TPSA) is 58.6 Å². The molecule has 2 aromatic carbocycles. The molecule has 2 aromatic rings. The first kappa shape index (κ1) is 20.0. The highest BCUT2D eigenvalue weighted by Crippen LogP contribution is 2.19. The lowest BCUT2D eigenvalue weighted by Gasteiger charge is -2.26. The lowest BCUT2D eigenvalue weighted by molar-refractivity contribution is 0.0730. The van der Waals surface area contributed by atoms with E-state index in [0.29, 0.717) is 37.1 Å². The maximum Gasteiger partial charge on any atom is 0.243 e. The summed E-state index contributed by atoms with van der Waals surface area (Å²) in [6, 6.07) is 17.7. The molecule has 3 rings (SSSR count). The van der Waals surface area contributed by atoms with E-state index in [-0.39, 0.29) is 0 Å². The Bertz CT molecular complexity index is 801. The molecule has 146 valence electrons. The molecule has 5 nitrogen and oxygen atoms in total. The summed E-state index contributed by atoms with van der Waals surface area (Å²) < 4.78 is 32.0. The molecule has 27 heavy (non-hydrogen) atoms. The average Bonchev–Trinajstić information content (AvgIpc) is 2.72. The second kappa shape index (κ2) is 9.46. The predicted molar refractivity (Wildman–Crippen MR) is 107 cm³/mol. The minimum absolute atomic E-state index is 0.353. The van der Waals surface area contributed by atoms with Crippen molar-refractivity contribution in [3.05, 3.63) is 65.7 Å². The summed E-state index contributed by atoms with van der Waals surface area (Å²) in [5, 5.41) is 3.45. The summed E-state index contributed by atoms with van der Waals surface area (Å²) in [6.07, 6.45) is 1.06. The van der Waals surface area contributed by atoms with E-state index in [2.05, 4.69) is 36.5 Å². The summed E-state index contributed by atoms with van der Waals surface area (Å²) in [5.74, 6) is 0.514. The summed E-state index contributed by atoms with van der Waals surface area (Å²) in [7, 11) is -3.41. The monoisotopic (exact) mass is 388 g/mol. The highest BCUT2D eigenvalue weighted by Gasteiger charge is 2.25. The number of hydrogen-bond donors (Lipinski definition) is 1. The normalized spacial score (nSPS) is 16.9. The number of nitrogens with zero attached hydrogens (tertiary/aromatic N) is 1. The van der Waals surface area contributed by atoms with E-state index >= 15 is 0 Å². The fourth-order valence-corrected chi connectivity index (χ4v) is 4.62. The third-order valence-corrected chi connectivity index (χ3v) is 6.90. The molecule has 0 aromatic heterocycles. The Morgan fingerprint density at radius 3 is 2.37 bits per heavy atom. The molecule has 6 heteroatoms. The summed E-state index contributed by atoms with van der Waals surface area (Å²) in [6.45, 7) is 5.66. The Hall–Kier alpha value is -1.73. The quantitative estimate of drug-likeness (QED) is 0.707. The molecule has 0 aliphatic carbocycles. The van der Waals surface area contributed by atoms with Crippen molar-refractivity contribution in [1.82, 2.24) is 9.62 Å². The van der Waals surface area contributed by atoms with E-state index in [0.717, 1.165) is 25.1 Å². The Kier molecular flexibility index (Phi) is 7.01. The lowest BCUT2D eigenvalue weighted by atomic mass is 9.98. The van der Waals surface area contributed by atoms with Crippen LogP contribution in [0.2, 0.25) is 0 Å². The van der Waals surface area contributed by atoms with E-state index in [1.54, 1.807) is 12.1 Å². The van der Waals surface area contributed by atoms with Crippen LogP contribution in [0, 0.1) is 0 Å². The number of ether oxygens (including phenoxy) is 1. The fraction of sp³-hybridized carbons (Fsp3) is 0.429. The number of nitrogens with one attached hydrogen (secondary N) is 1. The van der Waals surface area contributed by atoms with Crippen molar-refractivity contribution in [2.45, 2.75) is 30.7 Å². The van der Waals surface area contributed by atoms with Crippen molar-refractivity contribution in [2.75, 3.05) is 32.8 Å². The number of rotatable bonds is 8. The van der Waals surface area contributed by atoms with Crippen LogP contribution in [0.4, 0.5) is 0 Å². The number of hydrogen-bond acceptors (Lipinski definition) is 4. The number of sulfonamides is 1. The maximum absolute atomic E-state index is 12.6. The van der Waals surface area contributed by atoms with Gasteiger partial charge in [-0.15, -0.1) is 0 Å². The van der Waals surface area contributed by atoms with Gasteiger partial charge in [-0.25, -0.2) is 8.42 Å². The van der Waals surface area contributed by atoms with Crippen LogP contribution >= 0.6 is 0 Å². The first-order valence-corrected chi connectivity index (χ1v) is 10.9. The van der Waals surface area contributed by atoms with Crippen LogP contribution in [0.15, 0.2) is 59.5 Å². The van der Waals surface area contributed by atoms with E-state index in [4.69, 9.17) is 4.74 Å². The van der Waals surface area contributed by atoms with Gasteiger partial charge < -0.3 is 10.1 Å². The van der Waals surface area contributed by atoms with Gasteiger partial charge in [0.25, 0.3) is 0 Å². The van der Waals surface area contributed by atoms with Crippen molar-refractivity contribution in [3.8, 4) is 0 Å². The molecule has 0 unspecified atom stereocenters. The van der Waals surface area contributed by atoms with Gasteiger partial charge in [0.1, 0.15) is 0 Å². The van der Waals surface area contributed by atoms with Gasteiger partial charge in [-0.05, 0) is 42.1 Å². The highest BCUT2D eigenvalue weighted by molar-refractivity contribution is 7.89. The molecule has 1 atom stereocenters. The van der Waals surface area contributed by atoms with Crippen LogP contribution in [0.3, 0.4) is 0 Å². The van der Waals surface area contributed by atoms with E-state index in [1.807, 2.05) is 18.2 Å². The Labute approximate surface area is 162 Å². The van der Waals surface area contributed by atoms with Crippen LogP contribution in [0.5, 0.6) is 0 Å². The molecule has 1 fully saturated rings. The molecular weight excluding hydrogens is 360 g/mol. The second-order valence-electron chi connectivity index (χ2n) is 6.94. The Balaban J connectivity index is 1.48. The molecule has 1 aliphatic heterocycles. The Morgan fingerprint density at radius 2 is 1.70 bits per heavy atom. The standard InChI is InChI=1S/C21H28N2O3S/c1-18(20-5-3-2-4-6-20)11-12-22-17-19-7-9-21(10-8-19)27(24,25)23-13-15-26-16-14-23/h2-10,18,22H,11-17H2,1H3/t18-/m0/s1. The van der Waals surface area contributed by atoms with Crippen molar-refractivity contribution >= 4 is 10.0 Å². The summed E-state index contributed by atoms with van der Waals surface area (Å²) >= 11 is 0. The van der Waals surface area contributed by atoms with Gasteiger partial charge in [0.2, 0.25) is 10.0 Å². The molecule has 0 radical (unpaired) electrons. The zero-order chi connectivity index (χ0) is 19.1. The third-order valence-electron chi connectivity index (χ3n) is 4.98. The molecule has 0 saturated carbocycles. The Morgan fingerprint density at radius 1 is 1.04 bits per heavy atom. The first-order chi connectivity index (χ1) is 13.1. The fourth-order valence-electron chi connectivity index (χ4n) is 3.21. The predicted octanol–water partition coefficient (Wildman–Crippen LogP) is 2.99. The van der Waals surface area contributed by atoms with Crippen molar-refractivity contribution in [2.24, 2.45) is 0 Å². The van der Waals surface area contributed by atoms with Gasteiger partial charge in [0.05, 0.1) is 18.1 Å². The van der Waals surface area contributed by atoms with Gasteiger partial charge in [0, 0.05) is 19.6 Å². The summed E-state index contributed by atoms with van der Waals surface area (Å²) in [4.78, 5) is 0.353. The van der Waals surface area contributed by atoms with Crippen LogP contribution in [0.25, 0.3) is 0 Å². The summed E-state index contributed by atoms with van der Waals surface area (Å²) in [5.41, 5.74) is 2.44. The minimum Gasteiger partial charge on any atom is -0.379 e.